The third-order valence-corrected chi connectivity index (χ3v) is 3.69. The van der Waals surface area contributed by atoms with E-state index in [1.165, 1.54) is 25.1 Å². The van der Waals surface area contributed by atoms with E-state index in [2.05, 4.69) is 48.3 Å². The van der Waals surface area contributed by atoms with Crippen LogP contribution in [-0.4, -0.2) is 40.4 Å². The summed E-state index contributed by atoms with van der Waals surface area (Å²) in [6.45, 7) is 10.9. The lowest BCUT2D eigenvalue weighted by Crippen LogP contribution is -2.37. The minimum atomic E-state index is 0.454. The van der Waals surface area contributed by atoms with Gasteiger partial charge in [0.1, 0.15) is 0 Å². The Morgan fingerprint density at radius 1 is 1.50 bits per heavy atom. The van der Waals surface area contributed by atoms with E-state index in [1.54, 1.807) is 0 Å². The van der Waals surface area contributed by atoms with Gasteiger partial charge < -0.3 is 5.32 Å². The standard InChI is InChI=1S/C14H26N4/c1-4-15-10-14-6-5-8-17(14)11-13-7-9-18(16-13)12(2)3/h7,9,12,14-15H,4-6,8,10-11H2,1-3H3. The Hall–Kier alpha value is -0.870. The van der Waals surface area contributed by atoms with Crippen molar-refractivity contribution in [3.05, 3.63) is 18.0 Å². The number of nitrogens with one attached hydrogen (secondary N) is 1. The van der Waals surface area contributed by atoms with Crippen molar-refractivity contribution in [3.8, 4) is 0 Å². The molecule has 2 rings (SSSR count). The molecule has 0 bridgehead atoms. The lowest BCUT2D eigenvalue weighted by Gasteiger charge is -2.23. The van der Waals surface area contributed by atoms with Gasteiger partial charge in [-0.15, -0.1) is 0 Å². The zero-order chi connectivity index (χ0) is 13.0. The molecule has 0 aromatic carbocycles. The summed E-state index contributed by atoms with van der Waals surface area (Å²) in [6.07, 6.45) is 4.73. The summed E-state index contributed by atoms with van der Waals surface area (Å²) < 4.78 is 2.05. The molecule has 0 aliphatic carbocycles. The molecule has 0 amide bonds. The summed E-state index contributed by atoms with van der Waals surface area (Å²) in [4.78, 5) is 2.57. The van der Waals surface area contributed by atoms with Crippen LogP contribution in [0.25, 0.3) is 0 Å². The van der Waals surface area contributed by atoms with Gasteiger partial charge in [0.15, 0.2) is 0 Å². The highest BCUT2D eigenvalue weighted by Gasteiger charge is 2.24. The van der Waals surface area contributed by atoms with Gasteiger partial charge in [-0.05, 0) is 45.8 Å². The maximum atomic E-state index is 4.64. The van der Waals surface area contributed by atoms with Crippen molar-refractivity contribution < 1.29 is 0 Å². The fourth-order valence-electron chi connectivity index (χ4n) is 2.60. The lowest BCUT2D eigenvalue weighted by molar-refractivity contribution is 0.236. The zero-order valence-electron chi connectivity index (χ0n) is 11.9. The molecule has 1 aromatic heterocycles. The second kappa shape index (κ2) is 6.34. The second-order valence-electron chi connectivity index (χ2n) is 5.46. The molecule has 102 valence electrons. The fraction of sp³-hybridized carbons (Fsp3) is 0.786. The maximum absolute atomic E-state index is 4.64. The van der Waals surface area contributed by atoms with Crippen LogP contribution in [0.3, 0.4) is 0 Å². The molecule has 4 heteroatoms. The van der Waals surface area contributed by atoms with Gasteiger partial charge in [-0.2, -0.15) is 5.10 Å². The van der Waals surface area contributed by atoms with Crippen LogP contribution in [0.15, 0.2) is 12.3 Å². The van der Waals surface area contributed by atoms with Crippen LogP contribution in [-0.2, 0) is 6.54 Å². The number of nitrogens with zero attached hydrogens (tertiary/aromatic N) is 3. The van der Waals surface area contributed by atoms with Crippen molar-refractivity contribution in [1.29, 1.82) is 0 Å². The number of aromatic nitrogens is 2. The average Bonchev–Trinajstić information content (AvgIpc) is 2.96. The molecule has 4 nitrogen and oxygen atoms in total. The molecule has 18 heavy (non-hydrogen) atoms. The first-order valence-electron chi connectivity index (χ1n) is 7.19. The Kier molecular flexibility index (Phi) is 4.78. The Morgan fingerprint density at radius 2 is 2.33 bits per heavy atom. The SMILES string of the molecule is CCNCC1CCCN1Cc1ccn(C(C)C)n1. The highest BCUT2D eigenvalue weighted by atomic mass is 15.3. The summed E-state index contributed by atoms with van der Waals surface area (Å²) in [5, 5.41) is 8.10. The molecule has 1 saturated heterocycles. The molecule has 1 unspecified atom stereocenters. The summed E-state index contributed by atoms with van der Waals surface area (Å²) in [6, 6.07) is 3.30. The average molecular weight is 250 g/mol. The van der Waals surface area contributed by atoms with E-state index < -0.39 is 0 Å². The number of hydrogen-bond acceptors (Lipinski definition) is 3. The van der Waals surface area contributed by atoms with Gasteiger partial charge in [-0.25, -0.2) is 0 Å². The normalized spacial score (nSPS) is 21.0. The van der Waals surface area contributed by atoms with Crippen LogP contribution in [0.5, 0.6) is 0 Å². The predicted octanol–water partition coefficient (Wildman–Crippen LogP) is 2.04. The number of likely N-dealkylation sites (tertiary alicyclic amines) is 1. The molecule has 0 saturated carbocycles. The molecule has 1 atom stereocenters. The van der Waals surface area contributed by atoms with Gasteiger partial charge in [0.05, 0.1) is 5.69 Å². The van der Waals surface area contributed by atoms with Crippen molar-refractivity contribution in [1.82, 2.24) is 20.0 Å². The maximum Gasteiger partial charge on any atom is 0.0765 e. The van der Waals surface area contributed by atoms with Crippen molar-refractivity contribution in [3.63, 3.8) is 0 Å². The van der Waals surface area contributed by atoms with Crippen LogP contribution in [0, 0.1) is 0 Å². The number of hydrogen-bond donors (Lipinski definition) is 1. The van der Waals surface area contributed by atoms with Gasteiger partial charge in [0.25, 0.3) is 0 Å². The van der Waals surface area contributed by atoms with Gasteiger partial charge >= 0.3 is 0 Å². The molecule has 1 aromatic rings. The Morgan fingerprint density at radius 3 is 3.00 bits per heavy atom. The molecule has 2 heterocycles. The Balaban J connectivity index is 1.90. The Labute approximate surface area is 110 Å². The molecule has 1 N–H and O–H groups in total. The zero-order valence-corrected chi connectivity index (χ0v) is 11.9. The summed E-state index contributed by atoms with van der Waals surface area (Å²) in [5.41, 5.74) is 1.20. The van der Waals surface area contributed by atoms with E-state index in [0.29, 0.717) is 12.1 Å². The molecule has 1 fully saturated rings. The molecular weight excluding hydrogens is 224 g/mol. The van der Waals surface area contributed by atoms with E-state index in [1.807, 2.05) is 4.68 Å². The quantitative estimate of drug-likeness (QED) is 0.838. The van der Waals surface area contributed by atoms with Gasteiger partial charge in [0, 0.05) is 31.4 Å². The van der Waals surface area contributed by atoms with E-state index >= 15 is 0 Å². The third kappa shape index (κ3) is 3.33. The number of rotatable bonds is 6. The van der Waals surface area contributed by atoms with Crippen LogP contribution in [0.4, 0.5) is 0 Å². The highest BCUT2D eigenvalue weighted by Crippen LogP contribution is 2.19. The van der Waals surface area contributed by atoms with Crippen LogP contribution in [0.1, 0.15) is 45.3 Å². The lowest BCUT2D eigenvalue weighted by atomic mass is 10.2. The summed E-state index contributed by atoms with van der Waals surface area (Å²) in [5.74, 6) is 0. The largest absolute Gasteiger partial charge is 0.315 e. The van der Waals surface area contributed by atoms with E-state index in [-0.39, 0.29) is 0 Å². The molecule has 0 radical (unpaired) electrons. The molecular formula is C14H26N4. The van der Waals surface area contributed by atoms with Crippen molar-refractivity contribution >= 4 is 0 Å². The first-order chi connectivity index (χ1) is 8.70. The van der Waals surface area contributed by atoms with Crippen molar-refractivity contribution in [2.45, 2.75) is 52.2 Å². The second-order valence-corrected chi connectivity index (χ2v) is 5.46. The third-order valence-electron chi connectivity index (χ3n) is 3.69. The topological polar surface area (TPSA) is 33.1 Å². The number of likely N-dealkylation sites (N-methyl/N-ethyl adjacent to an activating group) is 1. The van der Waals surface area contributed by atoms with Crippen LogP contribution in [0.2, 0.25) is 0 Å². The van der Waals surface area contributed by atoms with E-state index in [0.717, 1.165) is 19.6 Å². The predicted molar refractivity (Wildman–Crippen MR) is 74.6 cm³/mol. The van der Waals surface area contributed by atoms with Gasteiger partial charge in [-0.1, -0.05) is 6.92 Å². The molecule has 0 spiro atoms. The van der Waals surface area contributed by atoms with Crippen LogP contribution >= 0.6 is 0 Å². The van der Waals surface area contributed by atoms with Gasteiger partial charge in [-0.3, -0.25) is 9.58 Å². The fourth-order valence-corrected chi connectivity index (χ4v) is 2.60. The summed E-state index contributed by atoms with van der Waals surface area (Å²) in [7, 11) is 0. The molecule has 1 aliphatic rings. The first-order valence-corrected chi connectivity index (χ1v) is 7.19. The minimum absolute atomic E-state index is 0.454. The molecule has 1 aliphatic heterocycles. The van der Waals surface area contributed by atoms with Crippen molar-refractivity contribution in [2.24, 2.45) is 0 Å². The first kappa shape index (κ1) is 13.6. The Bertz CT molecular complexity index is 358. The highest BCUT2D eigenvalue weighted by molar-refractivity contribution is 5.01. The van der Waals surface area contributed by atoms with Crippen LogP contribution < -0.4 is 5.32 Å². The van der Waals surface area contributed by atoms with E-state index in [4.69, 9.17) is 0 Å². The van der Waals surface area contributed by atoms with Gasteiger partial charge in [0.2, 0.25) is 0 Å². The smallest absolute Gasteiger partial charge is 0.0765 e. The monoisotopic (exact) mass is 250 g/mol. The van der Waals surface area contributed by atoms with Crippen molar-refractivity contribution in [2.75, 3.05) is 19.6 Å². The minimum Gasteiger partial charge on any atom is -0.315 e. The van der Waals surface area contributed by atoms with E-state index in [9.17, 15) is 0 Å². The summed E-state index contributed by atoms with van der Waals surface area (Å²) >= 11 is 0.